The number of rotatable bonds is 3. The molecule has 0 aliphatic heterocycles. The standard InChI is InChI=1S/C12H18N2.2C2H6/c1-10-5-7-12(8-6-10)14(4)9-11(2)13-3;2*1-2/h5-9,13H,1-4H3;2*1-2H3/b11-9-;;. The maximum atomic E-state index is 3.10. The zero-order valence-electron chi connectivity index (χ0n) is 13.3. The van der Waals surface area contributed by atoms with Gasteiger partial charge in [-0.15, -0.1) is 0 Å². The van der Waals surface area contributed by atoms with Gasteiger partial charge in [0.05, 0.1) is 0 Å². The predicted octanol–water partition coefficient (Wildman–Crippen LogP) is 4.56. The summed E-state index contributed by atoms with van der Waals surface area (Å²) in [5, 5.41) is 3.10. The highest BCUT2D eigenvalue weighted by atomic mass is 15.1. The monoisotopic (exact) mass is 250 g/mol. The molecule has 1 N–H and O–H groups in total. The molecule has 0 saturated carbocycles. The number of hydrogen-bond donors (Lipinski definition) is 1. The largest absolute Gasteiger partial charge is 0.390 e. The van der Waals surface area contributed by atoms with E-state index in [-0.39, 0.29) is 0 Å². The van der Waals surface area contributed by atoms with Gasteiger partial charge in [0.2, 0.25) is 0 Å². The van der Waals surface area contributed by atoms with Crippen LogP contribution >= 0.6 is 0 Å². The molecular weight excluding hydrogens is 220 g/mol. The summed E-state index contributed by atoms with van der Waals surface area (Å²) in [5.41, 5.74) is 3.63. The molecule has 1 aromatic rings. The fourth-order valence-corrected chi connectivity index (χ4v) is 1.21. The second kappa shape index (κ2) is 12.0. The average Bonchev–Trinajstić information content (AvgIpc) is 2.43. The number of allylic oxidation sites excluding steroid dienone is 1. The second-order valence-electron chi connectivity index (χ2n) is 3.51. The van der Waals surface area contributed by atoms with Crippen LogP contribution in [-0.2, 0) is 0 Å². The number of anilines is 1. The second-order valence-corrected chi connectivity index (χ2v) is 3.51. The van der Waals surface area contributed by atoms with Crippen molar-refractivity contribution < 1.29 is 0 Å². The average molecular weight is 250 g/mol. The first-order valence-corrected chi connectivity index (χ1v) is 6.79. The minimum absolute atomic E-state index is 1.15. The lowest BCUT2D eigenvalue weighted by Gasteiger charge is -2.15. The van der Waals surface area contributed by atoms with Crippen molar-refractivity contribution in [3.05, 3.63) is 41.7 Å². The lowest BCUT2D eigenvalue weighted by Crippen LogP contribution is -2.13. The van der Waals surface area contributed by atoms with Crippen molar-refractivity contribution in [2.24, 2.45) is 0 Å². The third kappa shape index (κ3) is 7.77. The maximum absolute atomic E-state index is 3.10. The quantitative estimate of drug-likeness (QED) is 0.845. The molecule has 0 heterocycles. The van der Waals surface area contributed by atoms with Crippen molar-refractivity contribution in [1.29, 1.82) is 0 Å². The van der Waals surface area contributed by atoms with E-state index in [0.29, 0.717) is 0 Å². The molecule has 2 heteroatoms. The molecule has 0 spiro atoms. The van der Waals surface area contributed by atoms with Gasteiger partial charge >= 0.3 is 0 Å². The van der Waals surface area contributed by atoms with E-state index in [2.05, 4.69) is 47.6 Å². The van der Waals surface area contributed by atoms with Crippen molar-refractivity contribution in [2.45, 2.75) is 41.5 Å². The van der Waals surface area contributed by atoms with Crippen LogP contribution in [0.1, 0.15) is 40.2 Å². The fraction of sp³-hybridized carbons (Fsp3) is 0.500. The van der Waals surface area contributed by atoms with Gasteiger partial charge in [0.1, 0.15) is 0 Å². The molecule has 0 aliphatic rings. The van der Waals surface area contributed by atoms with Gasteiger partial charge in [-0.1, -0.05) is 45.4 Å². The third-order valence-electron chi connectivity index (χ3n) is 2.22. The summed E-state index contributed by atoms with van der Waals surface area (Å²) in [5.74, 6) is 0. The first kappa shape index (κ1) is 18.9. The summed E-state index contributed by atoms with van der Waals surface area (Å²) in [6, 6.07) is 8.48. The van der Waals surface area contributed by atoms with Crippen molar-refractivity contribution in [3.8, 4) is 0 Å². The molecule has 0 bridgehead atoms. The molecule has 0 fully saturated rings. The number of hydrogen-bond acceptors (Lipinski definition) is 2. The molecule has 0 aliphatic carbocycles. The molecule has 104 valence electrons. The van der Waals surface area contributed by atoms with Crippen LogP contribution in [0.5, 0.6) is 0 Å². The Morgan fingerprint density at radius 2 is 1.50 bits per heavy atom. The number of benzene rings is 1. The Kier molecular flexibility index (Phi) is 12.6. The van der Waals surface area contributed by atoms with Crippen LogP contribution in [0, 0.1) is 6.92 Å². The summed E-state index contributed by atoms with van der Waals surface area (Å²) in [7, 11) is 3.97. The Morgan fingerprint density at radius 1 is 1.06 bits per heavy atom. The smallest absolute Gasteiger partial charge is 0.0404 e. The molecule has 1 aromatic carbocycles. The lowest BCUT2D eigenvalue weighted by molar-refractivity contribution is 0.966. The lowest BCUT2D eigenvalue weighted by atomic mass is 10.2. The topological polar surface area (TPSA) is 15.3 Å². The van der Waals surface area contributed by atoms with Crippen molar-refractivity contribution in [1.82, 2.24) is 5.32 Å². The SMILES string of the molecule is CC.CC.CN/C(C)=C\N(C)c1ccc(C)cc1. The van der Waals surface area contributed by atoms with Crippen molar-refractivity contribution in [3.63, 3.8) is 0 Å². The number of aryl methyl sites for hydroxylation is 1. The molecule has 0 saturated heterocycles. The predicted molar refractivity (Wildman–Crippen MR) is 85.1 cm³/mol. The van der Waals surface area contributed by atoms with E-state index in [9.17, 15) is 0 Å². The van der Waals surface area contributed by atoms with Crippen LogP contribution in [-0.4, -0.2) is 14.1 Å². The van der Waals surface area contributed by atoms with Gasteiger partial charge in [0.25, 0.3) is 0 Å². The van der Waals surface area contributed by atoms with Crippen LogP contribution in [0.25, 0.3) is 0 Å². The van der Waals surface area contributed by atoms with E-state index >= 15 is 0 Å². The maximum Gasteiger partial charge on any atom is 0.0404 e. The Bertz CT molecular complexity index is 312. The molecular formula is C16H30N2. The van der Waals surface area contributed by atoms with Crippen LogP contribution < -0.4 is 10.2 Å². The van der Waals surface area contributed by atoms with Crippen LogP contribution in [0.2, 0.25) is 0 Å². The van der Waals surface area contributed by atoms with Crippen LogP contribution in [0.3, 0.4) is 0 Å². The van der Waals surface area contributed by atoms with Gasteiger partial charge in [0, 0.05) is 31.7 Å². The molecule has 0 atom stereocenters. The highest BCUT2D eigenvalue weighted by Crippen LogP contribution is 2.13. The molecule has 0 unspecified atom stereocenters. The molecule has 0 amide bonds. The molecule has 1 rings (SSSR count). The Labute approximate surface area is 114 Å². The van der Waals surface area contributed by atoms with Crippen LogP contribution in [0.4, 0.5) is 5.69 Å². The zero-order valence-corrected chi connectivity index (χ0v) is 13.3. The van der Waals surface area contributed by atoms with Gasteiger partial charge in [-0.05, 0) is 26.0 Å². The summed E-state index contributed by atoms with van der Waals surface area (Å²) in [6.45, 7) is 12.1. The normalized spacial score (nSPS) is 9.44. The fourth-order valence-electron chi connectivity index (χ4n) is 1.21. The van der Waals surface area contributed by atoms with E-state index in [4.69, 9.17) is 0 Å². The summed E-state index contributed by atoms with van der Waals surface area (Å²) in [4.78, 5) is 2.10. The molecule has 18 heavy (non-hydrogen) atoms. The number of nitrogens with zero attached hydrogens (tertiary/aromatic N) is 1. The highest BCUT2D eigenvalue weighted by Gasteiger charge is 1.96. The summed E-state index contributed by atoms with van der Waals surface area (Å²) in [6.07, 6.45) is 2.07. The molecule has 2 nitrogen and oxygen atoms in total. The summed E-state index contributed by atoms with van der Waals surface area (Å²) < 4.78 is 0. The van der Waals surface area contributed by atoms with Crippen molar-refractivity contribution >= 4 is 5.69 Å². The zero-order chi connectivity index (χ0) is 14.6. The van der Waals surface area contributed by atoms with E-state index in [1.54, 1.807) is 0 Å². The minimum Gasteiger partial charge on any atom is -0.390 e. The Hall–Kier alpha value is -1.44. The van der Waals surface area contributed by atoms with Gasteiger partial charge in [-0.2, -0.15) is 0 Å². The van der Waals surface area contributed by atoms with Gasteiger partial charge in [-0.3, -0.25) is 0 Å². The van der Waals surface area contributed by atoms with Gasteiger partial charge < -0.3 is 10.2 Å². The van der Waals surface area contributed by atoms with E-state index in [1.807, 2.05) is 48.7 Å². The van der Waals surface area contributed by atoms with Crippen molar-refractivity contribution in [2.75, 3.05) is 19.0 Å². The summed E-state index contributed by atoms with van der Waals surface area (Å²) >= 11 is 0. The highest BCUT2D eigenvalue weighted by molar-refractivity contribution is 5.49. The first-order chi connectivity index (χ1) is 8.63. The Morgan fingerprint density at radius 3 is 1.89 bits per heavy atom. The minimum atomic E-state index is 1.15. The van der Waals surface area contributed by atoms with Crippen LogP contribution in [0.15, 0.2) is 36.2 Å². The number of nitrogens with one attached hydrogen (secondary N) is 1. The van der Waals surface area contributed by atoms with E-state index < -0.39 is 0 Å². The third-order valence-corrected chi connectivity index (χ3v) is 2.22. The van der Waals surface area contributed by atoms with Gasteiger partial charge in [0.15, 0.2) is 0 Å². The Balaban J connectivity index is 0. The molecule has 0 radical (unpaired) electrons. The van der Waals surface area contributed by atoms with E-state index in [1.165, 1.54) is 11.3 Å². The first-order valence-electron chi connectivity index (χ1n) is 6.79. The molecule has 0 aromatic heterocycles. The van der Waals surface area contributed by atoms with E-state index in [0.717, 1.165) is 5.70 Å². The van der Waals surface area contributed by atoms with Gasteiger partial charge in [-0.25, -0.2) is 0 Å².